The van der Waals surface area contributed by atoms with Gasteiger partial charge >= 0.3 is 0 Å². The van der Waals surface area contributed by atoms with Crippen LogP contribution in [0.15, 0.2) is 29.3 Å². The smallest absolute Gasteiger partial charge is 0.294 e. The molecule has 0 atom stereocenters. The highest BCUT2D eigenvalue weighted by atomic mass is 16.1. The predicted molar refractivity (Wildman–Crippen MR) is 60.6 cm³/mol. The summed E-state index contributed by atoms with van der Waals surface area (Å²) in [7, 11) is 0. The van der Waals surface area contributed by atoms with Gasteiger partial charge in [-0.1, -0.05) is 0 Å². The fourth-order valence-corrected chi connectivity index (χ4v) is 1.83. The topological polar surface area (TPSA) is 76.7 Å². The van der Waals surface area contributed by atoms with E-state index in [0.717, 1.165) is 24.2 Å². The third-order valence-electron chi connectivity index (χ3n) is 2.86. The highest BCUT2D eigenvalue weighted by Gasteiger charge is 2.29. The third kappa shape index (κ3) is 1.32. The number of nitrogens with one attached hydrogen (secondary N) is 1. The van der Waals surface area contributed by atoms with E-state index in [-0.39, 0.29) is 5.56 Å². The molecule has 1 fully saturated rings. The molecule has 1 aliphatic carbocycles. The van der Waals surface area contributed by atoms with E-state index in [2.05, 4.69) is 10.1 Å². The van der Waals surface area contributed by atoms with Gasteiger partial charge in [-0.15, -0.1) is 0 Å². The van der Waals surface area contributed by atoms with Crippen LogP contribution in [-0.2, 0) is 0 Å². The van der Waals surface area contributed by atoms with Crippen LogP contribution in [0.2, 0.25) is 0 Å². The number of aromatic amines is 1. The van der Waals surface area contributed by atoms with Gasteiger partial charge in [0.15, 0.2) is 0 Å². The van der Waals surface area contributed by atoms with Gasteiger partial charge in [0.25, 0.3) is 5.56 Å². The second-order valence-corrected chi connectivity index (χ2v) is 4.06. The number of nitrogen functional groups attached to an aromatic ring is 1. The largest absolute Gasteiger partial charge is 0.393 e. The first-order valence-electron chi connectivity index (χ1n) is 5.28. The maximum Gasteiger partial charge on any atom is 0.294 e. The molecule has 3 rings (SSSR count). The molecule has 16 heavy (non-hydrogen) atoms. The number of aromatic nitrogens is 3. The molecule has 2 heterocycles. The molecule has 0 bridgehead atoms. The lowest BCUT2D eigenvalue weighted by Crippen LogP contribution is -2.16. The Labute approximate surface area is 91.9 Å². The molecule has 82 valence electrons. The summed E-state index contributed by atoms with van der Waals surface area (Å²) < 4.78 is 1.48. The van der Waals surface area contributed by atoms with Gasteiger partial charge in [0, 0.05) is 18.3 Å². The van der Waals surface area contributed by atoms with Crippen molar-refractivity contribution < 1.29 is 0 Å². The number of hydrogen-bond donors (Lipinski definition) is 2. The minimum Gasteiger partial charge on any atom is -0.393 e. The van der Waals surface area contributed by atoms with E-state index in [4.69, 9.17) is 5.73 Å². The first-order valence-corrected chi connectivity index (χ1v) is 5.28. The van der Waals surface area contributed by atoms with Crippen LogP contribution in [0.3, 0.4) is 0 Å². The zero-order valence-corrected chi connectivity index (χ0v) is 8.68. The molecule has 0 unspecified atom stereocenters. The first kappa shape index (κ1) is 9.21. The van der Waals surface area contributed by atoms with Gasteiger partial charge < -0.3 is 5.73 Å². The fraction of sp³-hybridized carbons (Fsp3) is 0.273. The highest BCUT2D eigenvalue weighted by molar-refractivity contribution is 5.47. The molecule has 0 amide bonds. The average molecular weight is 216 g/mol. The summed E-state index contributed by atoms with van der Waals surface area (Å²) in [5.74, 6) is 0.441. The minimum atomic E-state index is -0.173. The summed E-state index contributed by atoms with van der Waals surface area (Å²) >= 11 is 0. The Balaban J connectivity index is 2.15. The van der Waals surface area contributed by atoms with Crippen molar-refractivity contribution in [2.24, 2.45) is 0 Å². The maximum atomic E-state index is 11.9. The Hall–Kier alpha value is -2.04. The predicted octanol–water partition coefficient (Wildman–Crippen LogP) is 1.02. The van der Waals surface area contributed by atoms with Crippen molar-refractivity contribution >= 4 is 5.69 Å². The Morgan fingerprint density at radius 3 is 2.69 bits per heavy atom. The Bertz CT molecular complexity index is 565. The summed E-state index contributed by atoms with van der Waals surface area (Å²) in [5, 5.41) is 3.08. The summed E-state index contributed by atoms with van der Waals surface area (Å²) in [5.41, 5.74) is 7.61. The lowest BCUT2D eigenvalue weighted by atomic mass is 10.3. The average Bonchev–Trinajstić information content (AvgIpc) is 3.10. The lowest BCUT2D eigenvalue weighted by molar-refractivity contribution is 0.814. The number of hydrogen-bond acceptors (Lipinski definition) is 3. The van der Waals surface area contributed by atoms with Crippen LogP contribution in [-0.4, -0.2) is 14.8 Å². The van der Waals surface area contributed by atoms with Crippen LogP contribution in [0.4, 0.5) is 5.69 Å². The SMILES string of the molecule is Nc1c(C2CC2)[nH]n(-c2ccncc2)c1=O. The van der Waals surface area contributed by atoms with E-state index in [9.17, 15) is 4.79 Å². The molecule has 5 heteroatoms. The molecular weight excluding hydrogens is 204 g/mol. The second kappa shape index (κ2) is 3.23. The molecule has 1 aliphatic rings. The lowest BCUT2D eigenvalue weighted by Gasteiger charge is -1.99. The number of nitrogens with two attached hydrogens (primary N) is 1. The molecule has 2 aromatic rings. The van der Waals surface area contributed by atoms with Crippen LogP contribution in [0.25, 0.3) is 5.69 Å². The molecule has 1 saturated carbocycles. The van der Waals surface area contributed by atoms with E-state index in [1.54, 1.807) is 24.5 Å². The molecular formula is C11H12N4O. The number of pyridine rings is 1. The van der Waals surface area contributed by atoms with Crippen molar-refractivity contribution in [2.45, 2.75) is 18.8 Å². The standard InChI is InChI=1S/C11H12N4O/c12-9-10(7-1-2-7)14-15(11(9)16)8-3-5-13-6-4-8/h3-7,14H,1-2,12H2. The monoisotopic (exact) mass is 216 g/mol. The van der Waals surface area contributed by atoms with E-state index in [1.165, 1.54) is 4.68 Å². The summed E-state index contributed by atoms with van der Waals surface area (Å²) in [4.78, 5) is 15.8. The zero-order valence-electron chi connectivity index (χ0n) is 8.68. The summed E-state index contributed by atoms with van der Waals surface area (Å²) in [6.07, 6.45) is 5.52. The van der Waals surface area contributed by atoms with Gasteiger partial charge in [-0.05, 0) is 25.0 Å². The summed E-state index contributed by atoms with van der Waals surface area (Å²) in [6.45, 7) is 0. The molecule has 0 saturated heterocycles. The zero-order chi connectivity index (χ0) is 11.1. The van der Waals surface area contributed by atoms with Crippen molar-refractivity contribution in [1.29, 1.82) is 0 Å². The maximum absolute atomic E-state index is 11.9. The van der Waals surface area contributed by atoms with Gasteiger partial charge in [0.1, 0.15) is 5.69 Å². The quantitative estimate of drug-likeness (QED) is 0.786. The van der Waals surface area contributed by atoms with Crippen molar-refractivity contribution in [1.82, 2.24) is 14.8 Å². The van der Waals surface area contributed by atoms with Crippen molar-refractivity contribution in [3.05, 3.63) is 40.6 Å². The molecule has 3 N–H and O–H groups in total. The van der Waals surface area contributed by atoms with E-state index in [1.807, 2.05) is 0 Å². The second-order valence-electron chi connectivity index (χ2n) is 4.06. The van der Waals surface area contributed by atoms with Gasteiger partial charge in [0.2, 0.25) is 0 Å². The van der Waals surface area contributed by atoms with Crippen LogP contribution < -0.4 is 11.3 Å². The normalized spacial score (nSPS) is 15.2. The molecule has 0 radical (unpaired) electrons. The van der Waals surface area contributed by atoms with Gasteiger partial charge in [0.05, 0.1) is 11.4 Å². The number of nitrogens with zero attached hydrogens (tertiary/aromatic N) is 2. The van der Waals surface area contributed by atoms with Gasteiger partial charge in [-0.3, -0.25) is 14.9 Å². The van der Waals surface area contributed by atoms with Gasteiger partial charge in [-0.25, -0.2) is 4.68 Å². The third-order valence-corrected chi connectivity index (χ3v) is 2.86. The van der Waals surface area contributed by atoms with Crippen LogP contribution in [0.5, 0.6) is 0 Å². The summed E-state index contributed by atoms with van der Waals surface area (Å²) in [6, 6.07) is 3.54. The molecule has 0 aromatic carbocycles. The highest BCUT2D eigenvalue weighted by Crippen LogP contribution is 2.40. The van der Waals surface area contributed by atoms with E-state index < -0.39 is 0 Å². The number of rotatable bonds is 2. The molecule has 0 spiro atoms. The van der Waals surface area contributed by atoms with Crippen molar-refractivity contribution in [3.8, 4) is 5.69 Å². The number of anilines is 1. The minimum absolute atomic E-state index is 0.173. The Morgan fingerprint density at radius 1 is 1.38 bits per heavy atom. The van der Waals surface area contributed by atoms with Crippen LogP contribution in [0.1, 0.15) is 24.5 Å². The van der Waals surface area contributed by atoms with Crippen molar-refractivity contribution in [3.63, 3.8) is 0 Å². The van der Waals surface area contributed by atoms with Crippen LogP contribution in [0, 0.1) is 0 Å². The molecule has 2 aromatic heterocycles. The Kier molecular flexibility index (Phi) is 1.86. The van der Waals surface area contributed by atoms with Gasteiger partial charge in [-0.2, -0.15) is 0 Å². The Morgan fingerprint density at radius 2 is 2.06 bits per heavy atom. The van der Waals surface area contributed by atoms with Crippen LogP contribution >= 0.6 is 0 Å². The molecule has 0 aliphatic heterocycles. The van der Waals surface area contributed by atoms with E-state index in [0.29, 0.717) is 11.6 Å². The first-order chi connectivity index (χ1) is 7.77. The van der Waals surface area contributed by atoms with Crippen molar-refractivity contribution in [2.75, 3.05) is 5.73 Å². The molecule has 5 nitrogen and oxygen atoms in total. The fourth-order valence-electron chi connectivity index (χ4n) is 1.83. The number of H-pyrrole nitrogens is 1. The van der Waals surface area contributed by atoms with E-state index >= 15 is 0 Å².